The first kappa shape index (κ1) is 16.4. The van der Waals surface area contributed by atoms with Crippen molar-refractivity contribution in [2.45, 2.75) is 31.7 Å². The number of nitrogens with zero attached hydrogens (tertiary/aromatic N) is 2. The second-order valence-corrected chi connectivity index (χ2v) is 6.66. The summed E-state index contributed by atoms with van der Waals surface area (Å²) in [5, 5.41) is 13.8. The van der Waals surface area contributed by atoms with Gasteiger partial charge in [0, 0.05) is 23.7 Å². The molecule has 6 nitrogen and oxygen atoms in total. The van der Waals surface area contributed by atoms with E-state index in [0.717, 1.165) is 11.3 Å². The van der Waals surface area contributed by atoms with Crippen LogP contribution in [0.2, 0.25) is 0 Å². The monoisotopic (exact) mass is 352 g/mol. The summed E-state index contributed by atoms with van der Waals surface area (Å²) in [4.78, 5) is 4.55. The molecule has 1 aliphatic carbocycles. The number of H-pyrrole nitrogens is 1. The van der Waals surface area contributed by atoms with Crippen LogP contribution in [-0.2, 0) is 0 Å². The highest BCUT2D eigenvalue weighted by molar-refractivity contribution is 5.69. The van der Waals surface area contributed by atoms with E-state index >= 15 is 0 Å². The maximum Gasteiger partial charge on any atom is 0.157 e. The third-order valence-corrected chi connectivity index (χ3v) is 4.52. The summed E-state index contributed by atoms with van der Waals surface area (Å²) in [7, 11) is 0. The van der Waals surface area contributed by atoms with Crippen LogP contribution in [0.15, 0.2) is 42.5 Å². The Bertz CT molecular complexity index is 901. The summed E-state index contributed by atoms with van der Waals surface area (Å²) in [6.45, 7) is 1.99. The van der Waals surface area contributed by atoms with Gasteiger partial charge in [0.25, 0.3) is 0 Å². The second kappa shape index (κ2) is 6.67. The average molecular weight is 352 g/mol. The summed E-state index contributed by atoms with van der Waals surface area (Å²) in [5.41, 5.74) is 8.70. The Labute approximate surface area is 151 Å². The molecule has 2 heterocycles. The van der Waals surface area contributed by atoms with Crippen LogP contribution in [0.4, 0.5) is 27.5 Å². The molecule has 1 unspecified atom stereocenters. The number of halogens is 1. The van der Waals surface area contributed by atoms with Crippen molar-refractivity contribution in [1.82, 2.24) is 15.2 Å². The molecular weight excluding hydrogens is 331 g/mol. The first-order valence-electron chi connectivity index (χ1n) is 8.69. The molecule has 1 aliphatic rings. The molecule has 0 saturated heterocycles. The first-order chi connectivity index (χ1) is 12.6. The van der Waals surface area contributed by atoms with Gasteiger partial charge in [0.1, 0.15) is 11.6 Å². The lowest BCUT2D eigenvalue weighted by Gasteiger charge is -2.16. The largest absolute Gasteiger partial charge is 0.396 e. The van der Waals surface area contributed by atoms with Crippen LogP contribution in [0, 0.1) is 5.82 Å². The number of aromatic amines is 1. The van der Waals surface area contributed by atoms with Gasteiger partial charge in [-0.15, -0.1) is 0 Å². The lowest BCUT2D eigenvalue weighted by atomic mass is 10.1. The molecule has 1 atom stereocenters. The highest BCUT2D eigenvalue weighted by Gasteiger charge is 2.25. The zero-order valence-corrected chi connectivity index (χ0v) is 14.5. The van der Waals surface area contributed by atoms with Crippen LogP contribution in [0.25, 0.3) is 0 Å². The molecule has 3 aromatic rings. The van der Waals surface area contributed by atoms with Gasteiger partial charge in [-0.2, -0.15) is 5.10 Å². The van der Waals surface area contributed by atoms with Crippen LogP contribution < -0.4 is 16.4 Å². The van der Waals surface area contributed by atoms with E-state index in [1.165, 1.54) is 25.0 Å². The maximum absolute atomic E-state index is 13.1. The number of rotatable bonds is 6. The number of aromatic nitrogens is 3. The Balaban J connectivity index is 1.48. The van der Waals surface area contributed by atoms with Crippen molar-refractivity contribution in [3.8, 4) is 0 Å². The molecule has 2 aromatic heterocycles. The summed E-state index contributed by atoms with van der Waals surface area (Å²) in [6.07, 6.45) is 2.42. The smallest absolute Gasteiger partial charge is 0.157 e. The van der Waals surface area contributed by atoms with Gasteiger partial charge in [-0.3, -0.25) is 5.10 Å². The van der Waals surface area contributed by atoms with Gasteiger partial charge in [0.2, 0.25) is 0 Å². The Morgan fingerprint density at radius 3 is 2.65 bits per heavy atom. The lowest BCUT2D eigenvalue weighted by Crippen LogP contribution is -2.09. The fourth-order valence-corrected chi connectivity index (χ4v) is 2.83. The van der Waals surface area contributed by atoms with Crippen LogP contribution in [0.3, 0.4) is 0 Å². The van der Waals surface area contributed by atoms with Crippen molar-refractivity contribution in [3.63, 3.8) is 0 Å². The van der Waals surface area contributed by atoms with E-state index in [4.69, 9.17) is 5.73 Å². The van der Waals surface area contributed by atoms with Crippen molar-refractivity contribution in [2.75, 3.05) is 16.4 Å². The second-order valence-electron chi connectivity index (χ2n) is 6.66. The number of nitrogen functional groups attached to an aromatic ring is 1. The third-order valence-electron chi connectivity index (χ3n) is 4.52. The van der Waals surface area contributed by atoms with E-state index in [-0.39, 0.29) is 11.9 Å². The standard InChI is InChI=1S/C19H21FN6/c1-11(12-4-6-14(20)7-5-12)22-17-9-8-15(21)19(23-17)24-18-10-16(25-26-18)13-2-3-13/h4-11,13H,2-3,21H2,1H3,(H3,22,23,24,25,26). The molecule has 0 bridgehead atoms. The van der Waals surface area contributed by atoms with E-state index < -0.39 is 0 Å². The zero-order chi connectivity index (χ0) is 18.1. The summed E-state index contributed by atoms with van der Waals surface area (Å²) in [5.74, 6) is 2.29. The van der Waals surface area contributed by atoms with Crippen LogP contribution in [0.1, 0.15) is 43.0 Å². The zero-order valence-electron chi connectivity index (χ0n) is 14.5. The fourth-order valence-electron chi connectivity index (χ4n) is 2.83. The van der Waals surface area contributed by atoms with Gasteiger partial charge < -0.3 is 16.4 Å². The van der Waals surface area contributed by atoms with Crippen molar-refractivity contribution in [1.29, 1.82) is 0 Å². The van der Waals surface area contributed by atoms with E-state index in [0.29, 0.717) is 29.1 Å². The van der Waals surface area contributed by atoms with Gasteiger partial charge >= 0.3 is 0 Å². The molecule has 0 amide bonds. The number of pyridine rings is 1. The van der Waals surface area contributed by atoms with E-state index in [1.807, 2.05) is 19.1 Å². The lowest BCUT2D eigenvalue weighted by molar-refractivity contribution is 0.626. The summed E-state index contributed by atoms with van der Waals surface area (Å²) in [6, 6.07) is 12.0. The summed E-state index contributed by atoms with van der Waals surface area (Å²) < 4.78 is 13.1. The molecule has 134 valence electrons. The van der Waals surface area contributed by atoms with Crippen LogP contribution in [0.5, 0.6) is 0 Å². The number of benzene rings is 1. The van der Waals surface area contributed by atoms with Gasteiger partial charge in [-0.25, -0.2) is 9.37 Å². The topological polar surface area (TPSA) is 91.7 Å². The average Bonchev–Trinajstić information content (AvgIpc) is 3.38. The predicted molar refractivity (Wildman–Crippen MR) is 101 cm³/mol. The number of hydrogen-bond donors (Lipinski definition) is 4. The van der Waals surface area contributed by atoms with Crippen molar-refractivity contribution < 1.29 is 4.39 Å². The molecule has 0 aliphatic heterocycles. The maximum atomic E-state index is 13.1. The molecule has 0 radical (unpaired) electrons. The molecule has 1 saturated carbocycles. The molecular formula is C19H21FN6. The van der Waals surface area contributed by atoms with E-state index in [1.54, 1.807) is 18.2 Å². The van der Waals surface area contributed by atoms with Gasteiger partial charge in [0.15, 0.2) is 11.6 Å². The van der Waals surface area contributed by atoms with Gasteiger partial charge in [-0.1, -0.05) is 12.1 Å². The number of nitrogens with two attached hydrogens (primary N) is 1. The molecule has 1 fully saturated rings. The SMILES string of the molecule is CC(Nc1ccc(N)c(Nc2cc(C3CC3)[nH]n2)n1)c1ccc(F)cc1. The minimum Gasteiger partial charge on any atom is -0.396 e. The van der Waals surface area contributed by atoms with Crippen molar-refractivity contribution in [2.24, 2.45) is 0 Å². The fraction of sp³-hybridized carbons (Fsp3) is 0.263. The molecule has 0 spiro atoms. The Morgan fingerprint density at radius 1 is 1.15 bits per heavy atom. The highest BCUT2D eigenvalue weighted by atomic mass is 19.1. The molecule has 26 heavy (non-hydrogen) atoms. The van der Waals surface area contributed by atoms with Crippen molar-refractivity contribution >= 4 is 23.1 Å². The number of nitrogens with one attached hydrogen (secondary N) is 3. The molecule has 7 heteroatoms. The van der Waals surface area contributed by atoms with Gasteiger partial charge in [0.05, 0.1) is 5.69 Å². The first-order valence-corrected chi connectivity index (χ1v) is 8.69. The Morgan fingerprint density at radius 2 is 1.92 bits per heavy atom. The normalized spacial score (nSPS) is 14.8. The number of hydrogen-bond acceptors (Lipinski definition) is 5. The van der Waals surface area contributed by atoms with E-state index in [2.05, 4.69) is 25.8 Å². The van der Waals surface area contributed by atoms with Gasteiger partial charge in [-0.05, 0) is 49.6 Å². The van der Waals surface area contributed by atoms with E-state index in [9.17, 15) is 4.39 Å². The Hall–Kier alpha value is -3.09. The highest BCUT2D eigenvalue weighted by Crippen LogP contribution is 2.39. The van der Waals surface area contributed by atoms with Crippen molar-refractivity contribution in [3.05, 3.63) is 59.5 Å². The number of anilines is 4. The summed E-state index contributed by atoms with van der Waals surface area (Å²) >= 11 is 0. The quantitative estimate of drug-likeness (QED) is 0.530. The Kier molecular flexibility index (Phi) is 4.20. The minimum atomic E-state index is -0.248. The predicted octanol–water partition coefficient (Wildman–Crippen LogP) is 4.32. The molecule has 4 rings (SSSR count). The molecule has 5 N–H and O–H groups in total. The third kappa shape index (κ3) is 3.61. The van der Waals surface area contributed by atoms with Crippen LogP contribution >= 0.6 is 0 Å². The molecule has 1 aromatic carbocycles. The van der Waals surface area contributed by atoms with Crippen LogP contribution in [-0.4, -0.2) is 15.2 Å². The minimum absolute atomic E-state index is 0.0218.